The van der Waals surface area contributed by atoms with E-state index in [-0.39, 0.29) is 12.3 Å². The summed E-state index contributed by atoms with van der Waals surface area (Å²) < 4.78 is 5.34. The number of rotatable bonds is 6. The molecule has 34 heavy (non-hydrogen) atoms. The number of amides is 3. The minimum Gasteiger partial charge on any atom is -0.455 e. The molecule has 1 aliphatic rings. The largest absolute Gasteiger partial charge is 0.455 e. The molecule has 0 aliphatic carbocycles. The number of esters is 1. The van der Waals surface area contributed by atoms with Crippen LogP contribution < -0.4 is 16.0 Å². The number of nitrogens with zero attached hydrogens (tertiary/aromatic N) is 1. The summed E-state index contributed by atoms with van der Waals surface area (Å²) in [6.45, 7) is -0.439. The number of halogens is 1. The third kappa shape index (κ3) is 5.38. The van der Waals surface area contributed by atoms with Gasteiger partial charge in [-0.3, -0.25) is 14.5 Å². The van der Waals surface area contributed by atoms with Crippen molar-refractivity contribution in [3.8, 4) is 0 Å². The Balaban J connectivity index is 1.49. The standard InChI is InChI=1S/C26H24ClN3O4/c27-20-13-11-17(12-14-20)21(29-26(28)33)15-25(32)34-16-24(31)30-22-7-3-1-5-18(22)9-10-19-6-2-4-8-23(19)30/h1-8,11-14,21H,9-10,15-16H2,(H3,28,29,33)/t21-/m1/s1. The van der Waals surface area contributed by atoms with Gasteiger partial charge in [-0.25, -0.2) is 4.79 Å². The lowest BCUT2D eigenvalue weighted by atomic mass is 10.0. The van der Waals surface area contributed by atoms with Crippen LogP contribution in [-0.4, -0.2) is 24.5 Å². The average Bonchev–Trinajstić information content (AvgIpc) is 2.99. The van der Waals surface area contributed by atoms with Gasteiger partial charge in [0.1, 0.15) is 0 Å². The van der Waals surface area contributed by atoms with Crippen molar-refractivity contribution in [1.82, 2.24) is 5.32 Å². The Bertz CT molecular complexity index is 1170. The Kier molecular flexibility index (Phi) is 7.13. The molecule has 8 heteroatoms. The van der Waals surface area contributed by atoms with E-state index in [4.69, 9.17) is 22.1 Å². The van der Waals surface area contributed by atoms with Crippen molar-refractivity contribution in [3.63, 3.8) is 0 Å². The van der Waals surface area contributed by atoms with Crippen LogP contribution in [0.3, 0.4) is 0 Å². The summed E-state index contributed by atoms with van der Waals surface area (Å²) in [4.78, 5) is 39.0. The van der Waals surface area contributed by atoms with Crippen LogP contribution in [-0.2, 0) is 27.2 Å². The minimum absolute atomic E-state index is 0.189. The first-order valence-electron chi connectivity index (χ1n) is 10.9. The summed E-state index contributed by atoms with van der Waals surface area (Å²) in [5.74, 6) is -1.00. The molecule has 0 bridgehead atoms. The van der Waals surface area contributed by atoms with Crippen LogP contribution in [0.2, 0.25) is 5.02 Å². The maximum Gasteiger partial charge on any atom is 0.312 e. The number of urea groups is 1. The van der Waals surface area contributed by atoms with Gasteiger partial charge in [0.05, 0.1) is 23.8 Å². The number of benzene rings is 3. The highest BCUT2D eigenvalue weighted by atomic mass is 35.5. The number of nitrogens with two attached hydrogens (primary N) is 1. The number of aryl methyl sites for hydroxylation is 2. The predicted molar refractivity (Wildman–Crippen MR) is 130 cm³/mol. The van der Waals surface area contributed by atoms with Gasteiger partial charge >= 0.3 is 12.0 Å². The lowest BCUT2D eigenvalue weighted by Gasteiger charge is -2.25. The van der Waals surface area contributed by atoms with E-state index >= 15 is 0 Å². The number of para-hydroxylation sites is 2. The molecular formula is C26H24ClN3O4. The Morgan fingerprint density at radius 3 is 2.03 bits per heavy atom. The zero-order valence-electron chi connectivity index (χ0n) is 18.4. The lowest BCUT2D eigenvalue weighted by Crippen LogP contribution is -2.35. The van der Waals surface area contributed by atoms with Gasteiger partial charge < -0.3 is 15.8 Å². The Labute approximate surface area is 202 Å². The summed E-state index contributed by atoms with van der Waals surface area (Å²) in [7, 11) is 0. The summed E-state index contributed by atoms with van der Waals surface area (Å²) in [5.41, 5.74) is 9.57. The highest BCUT2D eigenvalue weighted by molar-refractivity contribution is 6.30. The molecule has 7 nitrogen and oxygen atoms in total. The van der Waals surface area contributed by atoms with Gasteiger partial charge in [0.25, 0.3) is 5.91 Å². The van der Waals surface area contributed by atoms with E-state index < -0.39 is 24.6 Å². The number of hydrogen-bond acceptors (Lipinski definition) is 4. The van der Waals surface area contributed by atoms with E-state index in [0.29, 0.717) is 10.6 Å². The fourth-order valence-corrected chi connectivity index (χ4v) is 4.23. The number of primary amides is 1. The molecule has 0 spiro atoms. The van der Waals surface area contributed by atoms with E-state index in [9.17, 15) is 14.4 Å². The molecule has 3 aromatic carbocycles. The summed E-state index contributed by atoms with van der Waals surface area (Å²) >= 11 is 5.92. The highest BCUT2D eigenvalue weighted by Crippen LogP contribution is 2.36. The van der Waals surface area contributed by atoms with Crippen LogP contribution in [0.25, 0.3) is 0 Å². The Morgan fingerprint density at radius 2 is 1.47 bits per heavy atom. The number of anilines is 2. The van der Waals surface area contributed by atoms with E-state index in [1.807, 2.05) is 48.5 Å². The van der Waals surface area contributed by atoms with E-state index in [0.717, 1.165) is 35.3 Å². The molecule has 0 radical (unpaired) electrons. The number of nitrogens with one attached hydrogen (secondary N) is 1. The molecule has 0 saturated carbocycles. The molecule has 1 aliphatic heterocycles. The molecule has 3 aromatic rings. The maximum atomic E-state index is 13.3. The number of hydrogen-bond donors (Lipinski definition) is 2. The third-order valence-corrected chi connectivity index (χ3v) is 5.95. The SMILES string of the molecule is NC(=O)N[C@H](CC(=O)OCC(=O)N1c2ccccc2CCc2ccccc21)c1ccc(Cl)cc1. The highest BCUT2D eigenvalue weighted by Gasteiger charge is 2.27. The van der Waals surface area contributed by atoms with Crippen molar-refractivity contribution in [2.45, 2.75) is 25.3 Å². The third-order valence-electron chi connectivity index (χ3n) is 5.69. The quantitative estimate of drug-likeness (QED) is 0.512. The first-order valence-corrected chi connectivity index (χ1v) is 11.3. The number of ether oxygens (including phenoxy) is 1. The summed E-state index contributed by atoms with van der Waals surface area (Å²) in [6.07, 6.45) is 1.42. The zero-order valence-corrected chi connectivity index (χ0v) is 19.1. The van der Waals surface area contributed by atoms with Gasteiger partial charge in [-0.15, -0.1) is 0 Å². The topological polar surface area (TPSA) is 102 Å². The monoisotopic (exact) mass is 477 g/mol. The van der Waals surface area contributed by atoms with E-state index in [1.165, 1.54) is 0 Å². The van der Waals surface area contributed by atoms with Gasteiger partial charge in [-0.2, -0.15) is 0 Å². The van der Waals surface area contributed by atoms with Crippen LogP contribution in [0.5, 0.6) is 0 Å². The maximum absolute atomic E-state index is 13.3. The van der Waals surface area contributed by atoms with Crippen LogP contribution in [0.1, 0.15) is 29.2 Å². The molecule has 174 valence electrons. The molecule has 0 fully saturated rings. The molecule has 1 atom stereocenters. The average molecular weight is 478 g/mol. The minimum atomic E-state index is -0.776. The smallest absolute Gasteiger partial charge is 0.312 e. The van der Waals surface area contributed by atoms with Crippen LogP contribution in [0.15, 0.2) is 72.8 Å². The second-order valence-corrected chi connectivity index (χ2v) is 8.40. The van der Waals surface area contributed by atoms with Crippen molar-refractivity contribution < 1.29 is 19.1 Å². The van der Waals surface area contributed by atoms with Crippen molar-refractivity contribution in [2.75, 3.05) is 11.5 Å². The van der Waals surface area contributed by atoms with Crippen LogP contribution in [0.4, 0.5) is 16.2 Å². The van der Waals surface area contributed by atoms with Gasteiger partial charge in [0.15, 0.2) is 6.61 Å². The van der Waals surface area contributed by atoms with Crippen molar-refractivity contribution >= 4 is 40.9 Å². The van der Waals surface area contributed by atoms with Crippen molar-refractivity contribution in [2.24, 2.45) is 5.73 Å². The van der Waals surface area contributed by atoms with E-state index in [2.05, 4.69) is 5.32 Å². The lowest BCUT2D eigenvalue weighted by molar-refractivity contribution is -0.148. The fourth-order valence-electron chi connectivity index (χ4n) is 4.10. The Morgan fingerprint density at radius 1 is 0.912 bits per heavy atom. The first-order chi connectivity index (χ1) is 16.4. The van der Waals surface area contributed by atoms with Crippen molar-refractivity contribution in [1.29, 1.82) is 0 Å². The van der Waals surface area contributed by atoms with Crippen LogP contribution in [0, 0.1) is 0 Å². The van der Waals surface area contributed by atoms with Gasteiger partial charge in [0.2, 0.25) is 0 Å². The molecule has 3 N–H and O–H groups in total. The van der Waals surface area contributed by atoms with E-state index in [1.54, 1.807) is 29.2 Å². The van der Waals surface area contributed by atoms with Gasteiger partial charge in [0, 0.05) is 5.02 Å². The molecule has 3 amide bonds. The number of carbonyl (C=O) groups excluding carboxylic acids is 3. The fraction of sp³-hybridized carbons (Fsp3) is 0.192. The van der Waals surface area contributed by atoms with Crippen LogP contribution >= 0.6 is 11.6 Å². The second-order valence-electron chi connectivity index (χ2n) is 7.96. The molecule has 0 saturated heterocycles. The van der Waals surface area contributed by atoms with Gasteiger partial charge in [-0.1, -0.05) is 60.1 Å². The number of fused-ring (bicyclic) bond motifs is 2. The molecular weight excluding hydrogens is 454 g/mol. The first kappa shape index (κ1) is 23.3. The predicted octanol–water partition coefficient (Wildman–Crippen LogP) is 4.45. The molecule has 0 unspecified atom stereocenters. The van der Waals surface area contributed by atoms with Crippen molar-refractivity contribution in [3.05, 3.63) is 94.5 Å². The Hall–Kier alpha value is -3.84. The van der Waals surface area contributed by atoms with Gasteiger partial charge in [-0.05, 0) is 53.8 Å². The zero-order chi connectivity index (χ0) is 24.1. The molecule has 0 aromatic heterocycles. The summed E-state index contributed by atoms with van der Waals surface area (Å²) in [6, 6.07) is 20.6. The number of carbonyl (C=O) groups is 3. The normalized spacial score (nSPS) is 13.1. The molecule has 4 rings (SSSR count). The molecule has 1 heterocycles. The summed E-state index contributed by atoms with van der Waals surface area (Å²) in [5, 5.41) is 3.05. The second kappa shape index (κ2) is 10.4.